The molecule has 1 heterocycles. The molecule has 0 aliphatic carbocycles. The number of aliphatic hydroxyl groups is 1. The van der Waals surface area contributed by atoms with Gasteiger partial charge in [-0.3, -0.25) is 4.79 Å². The molecule has 94 valence electrons. The van der Waals surface area contributed by atoms with Crippen molar-refractivity contribution in [3.63, 3.8) is 0 Å². The summed E-state index contributed by atoms with van der Waals surface area (Å²) in [4.78, 5) is 10.9. The standard InChI is InChI=1S/C12H18N2O3/c1-8(2)5-4-6-12(3,16)10-7-9(11(13)15)14-17-10/h5,7,16H,4,6H2,1-3H3,(H2,13,15). The fourth-order valence-corrected chi connectivity index (χ4v) is 1.41. The van der Waals surface area contributed by atoms with Crippen LogP contribution >= 0.6 is 0 Å². The van der Waals surface area contributed by atoms with Crippen LogP contribution in [0.1, 0.15) is 49.9 Å². The summed E-state index contributed by atoms with van der Waals surface area (Å²) < 4.78 is 4.93. The molecule has 0 radical (unpaired) electrons. The monoisotopic (exact) mass is 238 g/mol. The molecule has 5 nitrogen and oxygen atoms in total. The Labute approximate surface area is 100 Å². The molecular formula is C12H18N2O3. The Morgan fingerprint density at radius 2 is 2.29 bits per heavy atom. The van der Waals surface area contributed by atoms with Crippen LogP contribution in [0.15, 0.2) is 22.2 Å². The zero-order valence-corrected chi connectivity index (χ0v) is 10.4. The summed E-state index contributed by atoms with van der Waals surface area (Å²) in [6, 6.07) is 1.38. The van der Waals surface area contributed by atoms with Crippen LogP contribution < -0.4 is 5.73 Å². The second-order valence-corrected chi connectivity index (χ2v) is 4.53. The van der Waals surface area contributed by atoms with E-state index in [0.29, 0.717) is 6.42 Å². The lowest BCUT2D eigenvalue weighted by Gasteiger charge is -2.18. The third-order valence-electron chi connectivity index (χ3n) is 2.48. The highest BCUT2D eigenvalue weighted by Crippen LogP contribution is 2.26. The van der Waals surface area contributed by atoms with Gasteiger partial charge in [-0.25, -0.2) is 0 Å². The number of hydrogen-bond acceptors (Lipinski definition) is 4. The first kappa shape index (κ1) is 13.4. The number of carbonyl (C=O) groups excluding carboxylic acids is 1. The fourth-order valence-electron chi connectivity index (χ4n) is 1.41. The molecule has 0 saturated carbocycles. The van der Waals surface area contributed by atoms with Crippen molar-refractivity contribution in [2.24, 2.45) is 5.73 Å². The molecule has 1 amide bonds. The first-order valence-corrected chi connectivity index (χ1v) is 5.45. The van der Waals surface area contributed by atoms with Crippen LogP contribution in [0, 0.1) is 0 Å². The maximum Gasteiger partial charge on any atom is 0.270 e. The number of rotatable bonds is 5. The van der Waals surface area contributed by atoms with Gasteiger partial charge in [-0.2, -0.15) is 0 Å². The molecule has 0 aromatic carbocycles. The predicted molar refractivity (Wildman–Crippen MR) is 63.3 cm³/mol. The van der Waals surface area contributed by atoms with Crippen molar-refractivity contribution < 1.29 is 14.4 Å². The van der Waals surface area contributed by atoms with Gasteiger partial charge in [0, 0.05) is 6.07 Å². The van der Waals surface area contributed by atoms with Gasteiger partial charge in [-0.05, 0) is 33.6 Å². The molecule has 1 atom stereocenters. The Hall–Kier alpha value is -1.62. The highest BCUT2D eigenvalue weighted by atomic mass is 16.5. The molecule has 1 unspecified atom stereocenters. The third-order valence-corrected chi connectivity index (χ3v) is 2.48. The summed E-state index contributed by atoms with van der Waals surface area (Å²) in [5.41, 5.74) is 5.13. The molecule has 5 heteroatoms. The largest absolute Gasteiger partial charge is 0.382 e. The van der Waals surface area contributed by atoms with Crippen molar-refractivity contribution in [3.8, 4) is 0 Å². The third kappa shape index (κ3) is 3.71. The van der Waals surface area contributed by atoms with Crippen molar-refractivity contribution in [1.29, 1.82) is 0 Å². The minimum atomic E-state index is -1.15. The van der Waals surface area contributed by atoms with Crippen LogP contribution in [0.3, 0.4) is 0 Å². The van der Waals surface area contributed by atoms with Crippen molar-refractivity contribution in [2.45, 2.75) is 39.2 Å². The van der Waals surface area contributed by atoms with Crippen molar-refractivity contribution >= 4 is 5.91 Å². The maximum atomic E-state index is 10.9. The van der Waals surface area contributed by atoms with E-state index in [4.69, 9.17) is 10.3 Å². The molecular weight excluding hydrogens is 220 g/mol. The van der Waals surface area contributed by atoms with Gasteiger partial charge in [0.2, 0.25) is 0 Å². The number of nitrogens with two attached hydrogens (primary N) is 1. The van der Waals surface area contributed by atoms with Gasteiger partial charge in [-0.15, -0.1) is 0 Å². The second-order valence-electron chi connectivity index (χ2n) is 4.53. The number of hydrogen-bond donors (Lipinski definition) is 2. The summed E-state index contributed by atoms with van der Waals surface area (Å²) in [6.07, 6.45) is 3.24. The van der Waals surface area contributed by atoms with E-state index >= 15 is 0 Å². The lowest BCUT2D eigenvalue weighted by Crippen LogP contribution is -2.20. The normalized spacial score (nSPS) is 14.1. The number of amides is 1. The van der Waals surface area contributed by atoms with Crippen LogP contribution in [-0.2, 0) is 5.60 Å². The first-order valence-electron chi connectivity index (χ1n) is 5.45. The Balaban J connectivity index is 2.74. The van der Waals surface area contributed by atoms with Crippen LogP contribution in [0.4, 0.5) is 0 Å². The molecule has 17 heavy (non-hydrogen) atoms. The zero-order valence-electron chi connectivity index (χ0n) is 10.4. The van der Waals surface area contributed by atoms with Gasteiger partial charge < -0.3 is 15.4 Å². The Morgan fingerprint density at radius 3 is 2.76 bits per heavy atom. The molecule has 0 spiro atoms. The zero-order chi connectivity index (χ0) is 13.1. The van der Waals surface area contributed by atoms with Gasteiger partial charge in [0.05, 0.1) is 0 Å². The van der Waals surface area contributed by atoms with Gasteiger partial charge in [0.1, 0.15) is 5.60 Å². The maximum absolute atomic E-state index is 10.9. The van der Waals surface area contributed by atoms with E-state index in [1.165, 1.54) is 11.6 Å². The Morgan fingerprint density at radius 1 is 1.65 bits per heavy atom. The Kier molecular flexibility index (Phi) is 4.07. The summed E-state index contributed by atoms with van der Waals surface area (Å²) in [7, 11) is 0. The van der Waals surface area contributed by atoms with E-state index < -0.39 is 11.5 Å². The van der Waals surface area contributed by atoms with E-state index in [0.717, 1.165) is 6.42 Å². The second kappa shape index (κ2) is 5.14. The van der Waals surface area contributed by atoms with Crippen LogP contribution in [0.25, 0.3) is 0 Å². The van der Waals surface area contributed by atoms with E-state index in [9.17, 15) is 9.90 Å². The molecule has 0 aliphatic rings. The molecule has 0 fully saturated rings. The van der Waals surface area contributed by atoms with E-state index in [-0.39, 0.29) is 11.5 Å². The fraction of sp³-hybridized carbons (Fsp3) is 0.500. The SMILES string of the molecule is CC(C)=CCCC(C)(O)c1cc(C(N)=O)no1. The van der Waals surface area contributed by atoms with E-state index in [1.54, 1.807) is 6.92 Å². The molecule has 1 aromatic rings. The lowest BCUT2D eigenvalue weighted by atomic mass is 9.96. The van der Waals surface area contributed by atoms with E-state index in [2.05, 4.69) is 5.16 Å². The topological polar surface area (TPSA) is 89.4 Å². The lowest BCUT2D eigenvalue weighted by molar-refractivity contribution is 0.0205. The summed E-state index contributed by atoms with van der Waals surface area (Å²) in [6.45, 7) is 5.61. The number of nitrogens with zero attached hydrogens (tertiary/aromatic N) is 1. The molecule has 0 saturated heterocycles. The van der Waals surface area contributed by atoms with Gasteiger partial charge in [0.25, 0.3) is 5.91 Å². The van der Waals surface area contributed by atoms with Crippen LogP contribution in [0.2, 0.25) is 0 Å². The summed E-state index contributed by atoms with van der Waals surface area (Å²) in [5, 5.41) is 13.7. The number of aromatic nitrogens is 1. The van der Waals surface area contributed by atoms with Crippen molar-refractivity contribution in [1.82, 2.24) is 5.16 Å². The minimum Gasteiger partial charge on any atom is -0.382 e. The number of allylic oxidation sites excluding steroid dienone is 2. The highest BCUT2D eigenvalue weighted by molar-refractivity contribution is 5.90. The van der Waals surface area contributed by atoms with E-state index in [1.807, 2.05) is 19.9 Å². The average Bonchev–Trinajstić information content (AvgIpc) is 2.65. The average molecular weight is 238 g/mol. The van der Waals surface area contributed by atoms with Gasteiger partial charge in [0.15, 0.2) is 11.5 Å². The van der Waals surface area contributed by atoms with Crippen molar-refractivity contribution in [3.05, 3.63) is 29.2 Å². The highest BCUT2D eigenvalue weighted by Gasteiger charge is 2.28. The van der Waals surface area contributed by atoms with Crippen LogP contribution in [0.5, 0.6) is 0 Å². The smallest absolute Gasteiger partial charge is 0.270 e. The molecule has 0 aliphatic heterocycles. The molecule has 0 bridgehead atoms. The van der Waals surface area contributed by atoms with Crippen molar-refractivity contribution in [2.75, 3.05) is 0 Å². The molecule has 1 aromatic heterocycles. The minimum absolute atomic E-state index is 0.0301. The van der Waals surface area contributed by atoms with Gasteiger partial charge in [-0.1, -0.05) is 16.8 Å². The number of primary amides is 1. The van der Waals surface area contributed by atoms with Gasteiger partial charge >= 0.3 is 0 Å². The van der Waals surface area contributed by atoms with Crippen LogP contribution in [-0.4, -0.2) is 16.2 Å². The number of carbonyl (C=O) groups is 1. The summed E-state index contributed by atoms with van der Waals surface area (Å²) in [5.74, 6) is -0.409. The Bertz CT molecular complexity index is 429. The quantitative estimate of drug-likeness (QED) is 0.764. The summed E-state index contributed by atoms with van der Waals surface area (Å²) >= 11 is 0. The predicted octanol–water partition coefficient (Wildman–Crippen LogP) is 1.73. The molecule has 1 rings (SSSR count). The first-order chi connectivity index (χ1) is 7.83. The molecule has 3 N–H and O–H groups in total.